The van der Waals surface area contributed by atoms with Crippen molar-refractivity contribution in [1.82, 2.24) is 9.55 Å². The smallest absolute Gasteiger partial charge is 0.185 e. The summed E-state index contributed by atoms with van der Waals surface area (Å²) < 4.78 is 2.05. The largest absolute Gasteiger partial charge is 0.326 e. The van der Waals surface area contributed by atoms with Crippen LogP contribution in [0, 0.1) is 6.92 Å². The highest BCUT2D eigenvalue weighted by molar-refractivity contribution is 6.83. The molecule has 21 heavy (non-hydrogen) atoms. The zero-order valence-corrected chi connectivity index (χ0v) is 16.1. The summed E-state index contributed by atoms with van der Waals surface area (Å²) in [4.78, 5) is 15.2. The highest BCUT2D eigenvalue weighted by Crippen LogP contribution is 2.53. The summed E-state index contributed by atoms with van der Waals surface area (Å²) in [5.41, 5.74) is 1.08. The summed E-state index contributed by atoms with van der Waals surface area (Å²) in [7, 11) is -1.45. The topological polar surface area (TPSA) is 34.9 Å². The van der Waals surface area contributed by atoms with E-state index in [1.165, 1.54) is 6.04 Å². The monoisotopic (exact) mass is 308 g/mol. The molecule has 0 aliphatic carbocycles. The lowest BCUT2D eigenvalue weighted by molar-refractivity contribution is 0.111. The molecule has 0 N–H and O–H groups in total. The van der Waals surface area contributed by atoms with Crippen LogP contribution in [-0.2, 0) is 6.54 Å². The Hall–Kier alpha value is -0.903. The highest BCUT2D eigenvalue weighted by atomic mass is 28.3. The van der Waals surface area contributed by atoms with Crippen LogP contribution in [0.25, 0.3) is 0 Å². The first-order valence-corrected chi connectivity index (χ1v) is 10.6. The van der Waals surface area contributed by atoms with Crippen LogP contribution in [0.5, 0.6) is 0 Å². The number of hydrogen-bond acceptors (Lipinski definition) is 2. The SMILES string of the molecule is Cc1cnc(C=O)n1CCC[Si](C)(C(C)(C)C)C(C)(C)C. The van der Waals surface area contributed by atoms with Gasteiger partial charge in [0.2, 0.25) is 0 Å². The van der Waals surface area contributed by atoms with E-state index in [9.17, 15) is 4.79 Å². The van der Waals surface area contributed by atoms with Crippen molar-refractivity contribution in [2.24, 2.45) is 0 Å². The van der Waals surface area contributed by atoms with Gasteiger partial charge in [0.1, 0.15) is 0 Å². The second-order valence-electron chi connectivity index (χ2n) is 8.46. The molecule has 4 heteroatoms. The zero-order chi connectivity index (χ0) is 16.5. The molecule has 1 aromatic heterocycles. The Balaban J connectivity index is 2.85. The molecule has 0 saturated heterocycles. The fourth-order valence-electron chi connectivity index (χ4n) is 3.33. The van der Waals surface area contributed by atoms with E-state index >= 15 is 0 Å². The molecule has 0 bridgehead atoms. The molecule has 1 aromatic rings. The quantitative estimate of drug-likeness (QED) is 0.562. The molecule has 0 amide bonds. The number of carbonyl (C=O) groups is 1. The molecular formula is C17H32N2OSi. The number of rotatable bonds is 5. The minimum atomic E-state index is -1.45. The Bertz CT molecular complexity index is 478. The van der Waals surface area contributed by atoms with Gasteiger partial charge in [-0.3, -0.25) is 4.79 Å². The third kappa shape index (κ3) is 3.65. The summed E-state index contributed by atoms with van der Waals surface area (Å²) >= 11 is 0. The number of aromatic nitrogens is 2. The Labute approximate surface area is 131 Å². The lowest BCUT2D eigenvalue weighted by Gasteiger charge is -2.50. The summed E-state index contributed by atoms with van der Waals surface area (Å²) in [6, 6.07) is 1.27. The van der Waals surface area contributed by atoms with Crippen LogP contribution in [0.1, 0.15) is 64.3 Å². The molecule has 0 radical (unpaired) electrons. The van der Waals surface area contributed by atoms with Gasteiger partial charge < -0.3 is 4.57 Å². The fraction of sp³-hybridized carbons (Fsp3) is 0.765. The first-order valence-electron chi connectivity index (χ1n) is 7.91. The molecule has 120 valence electrons. The minimum absolute atomic E-state index is 0.378. The Morgan fingerprint density at radius 1 is 1.19 bits per heavy atom. The Morgan fingerprint density at radius 3 is 2.14 bits per heavy atom. The van der Waals surface area contributed by atoms with Gasteiger partial charge in [-0.15, -0.1) is 0 Å². The first-order chi connectivity index (χ1) is 9.44. The van der Waals surface area contributed by atoms with Gasteiger partial charge in [0, 0.05) is 18.4 Å². The van der Waals surface area contributed by atoms with Gasteiger partial charge in [0.05, 0.1) is 8.07 Å². The van der Waals surface area contributed by atoms with E-state index in [-0.39, 0.29) is 0 Å². The maximum atomic E-state index is 11.0. The van der Waals surface area contributed by atoms with E-state index in [4.69, 9.17) is 0 Å². The van der Waals surface area contributed by atoms with Crippen molar-refractivity contribution < 1.29 is 4.79 Å². The van der Waals surface area contributed by atoms with Crippen LogP contribution < -0.4 is 0 Å². The van der Waals surface area contributed by atoms with E-state index < -0.39 is 8.07 Å². The molecule has 0 fully saturated rings. The maximum Gasteiger partial charge on any atom is 0.185 e. The maximum absolute atomic E-state index is 11.0. The summed E-state index contributed by atoms with van der Waals surface area (Å²) in [6.07, 6.45) is 3.76. The molecule has 0 unspecified atom stereocenters. The fourth-order valence-corrected chi connectivity index (χ4v) is 7.95. The summed E-state index contributed by atoms with van der Waals surface area (Å²) in [5, 5.41) is 0.755. The number of imidazole rings is 1. The molecule has 0 atom stereocenters. The van der Waals surface area contributed by atoms with E-state index in [1.54, 1.807) is 6.20 Å². The number of nitrogens with zero attached hydrogens (tertiary/aromatic N) is 2. The average Bonchev–Trinajstić information content (AvgIpc) is 2.67. The van der Waals surface area contributed by atoms with Gasteiger partial charge in [-0.2, -0.15) is 0 Å². The lowest BCUT2D eigenvalue weighted by atomic mass is 10.2. The van der Waals surface area contributed by atoms with Gasteiger partial charge in [0.25, 0.3) is 0 Å². The first kappa shape index (κ1) is 18.1. The van der Waals surface area contributed by atoms with E-state index in [0.717, 1.165) is 24.9 Å². The van der Waals surface area contributed by atoms with Crippen molar-refractivity contribution in [3.05, 3.63) is 17.7 Å². The van der Waals surface area contributed by atoms with Gasteiger partial charge in [-0.05, 0) is 23.4 Å². The average molecular weight is 309 g/mol. The van der Waals surface area contributed by atoms with Crippen molar-refractivity contribution >= 4 is 14.4 Å². The van der Waals surface area contributed by atoms with E-state index in [1.807, 2.05) is 11.5 Å². The Kier molecular flexibility index (Phi) is 5.25. The highest BCUT2D eigenvalue weighted by Gasteiger charge is 2.47. The van der Waals surface area contributed by atoms with Crippen molar-refractivity contribution in [2.75, 3.05) is 0 Å². The second kappa shape index (κ2) is 6.07. The third-order valence-electron chi connectivity index (χ3n) is 5.56. The van der Waals surface area contributed by atoms with Gasteiger partial charge in [-0.1, -0.05) is 54.1 Å². The van der Waals surface area contributed by atoms with E-state index in [0.29, 0.717) is 15.9 Å². The van der Waals surface area contributed by atoms with E-state index in [2.05, 4.69) is 53.1 Å². The molecule has 0 saturated carbocycles. The Morgan fingerprint density at radius 2 is 1.71 bits per heavy atom. The van der Waals surface area contributed by atoms with Gasteiger partial charge >= 0.3 is 0 Å². The van der Waals surface area contributed by atoms with Crippen LogP contribution in [0.15, 0.2) is 6.20 Å². The third-order valence-corrected chi connectivity index (χ3v) is 13.5. The number of hydrogen-bond donors (Lipinski definition) is 0. The van der Waals surface area contributed by atoms with Crippen molar-refractivity contribution in [3.8, 4) is 0 Å². The molecular weight excluding hydrogens is 276 g/mol. The molecule has 0 spiro atoms. The molecule has 1 rings (SSSR count). The van der Waals surface area contributed by atoms with Crippen molar-refractivity contribution in [1.29, 1.82) is 0 Å². The van der Waals surface area contributed by atoms with Crippen molar-refractivity contribution in [2.45, 2.75) is 84.1 Å². The summed E-state index contributed by atoms with van der Waals surface area (Å²) in [5.74, 6) is 0.558. The number of aldehydes is 1. The predicted octanol–water partition coefficient (Wildman–Crippen LogP) is 5.07. The van der Waals surface area contributed by atoms with Crippen LogP contribution >= 0.6 is 0 Å². The van der Waals surface area contributed by atoms with Crippen LogP contribution in [0.4, 0.5) is 0 Å². The van der Waals surface area contributed by atoms with Crippen molar-refractivity contribution in [3.63, 3.8) is 0 Å². The zero-order valence-electron chi connectivity index (χ0n) is 15.1. The molecule has 0 aromatic carbocycles. The standard InChI is InChI=1S/C17H32N2OSi/c1-14-12-18-15(13-20)19(14)10-9-11-21(8,16(2,3)4)17(5,6)7/h12-13H,9-11H2,1-8H3. The summed E-state index contributed by atoms with van der Waals surface area (Å²) in [6.45, 7) is 19.8. The molecule has 3 nitrogen and oxygen atoms in total. The van der Waals surface area contributed by atoms with Gasteiger partial charge in [0.15, 0.2) is 12.1 Å². The van der Waals surface area contributed by atoms with Crippen LogP contribution in [0.3, 0.4) is 0 Å². The molecule has 1 heterocycles. The second-order valence-corrected chi connectivity index (χ2v) is 14.6. The van der Waals surface area contributed by atoms with Gasteiger partial charge in [-0.25, -0.2) is 4.98 Å². The van der Waals surface area contributed by atoms with Crippen LogP contribution in [0.2, 0.25) is 22.7 Å². The molecule has 0 aliphatic heterocycles. The molecule has 0 aliphatic rings. The number of aryl methyl sites for hydroxylation is 1. The minimum Gasteiger partial charge on any atom is -0.326 e. The predicted molar refractivity (Wildman–Crippen MR) is 92.8 cm³/mol. The normalized spacial score (nSPS) is 13.5. The van der Waals surface area contributed by atoms with Crippen LogP contribution in [-0.4, -0.2) is 23.9 Å². The number of carbonyl (C=O) groups excluding carboxylic acids is 1. The lowest BCUT2D eigenvalue weighted by Crippen LogP contribution is -2.48.